The van der Waals surface area contributed by atoms with Crippen LogP contribution in [0.15, 0.2) is 18.2 Å². The molecule has 1 heterocycles. The van der Waals surface area contributed by atoms with Crippen molar-refractivity contribution in [3.05, 3.63) is 29.6 Å². The third-order valence-electron chi connectivity index (χ3n) is 4.83. The van der Waals surface area contributed by atoms with Crippen molar-refractivity contribution >= 4 is 11.9 Å². The van der Waals surface area contributed by atoms with Crippen LogP contribution in [0, 0.1) is 11.7 Å². The van der Waals surface area contributed by atoms with Crippen LogP contribution < -0.4 is 15.4 Å². The first-order valence-corrected chi connectivity index (χ1v) is 10.7. The fourth-order valence-corrected chi connectivity index (χ4v) is 3.15. The van der Waals surface area contributed by atoms with Crippen LogP contribution >= 0.6 is 0 Å². The number of unbranched alkanes of at least 4 members (excludes halogenated alkanes) is 3. The number of carbonyl (C=O) groups excluding carboxylic acids is 2. The quantitative estimate of drug-likeness (QED) is 0.491. The molecule has 6 nitrogen and oxygen atoms in total. The molecule has 0 radical (unpaired) electrons. The van der Waals surface area contributed by atoms with E-state index in [1.807, 2.05) is 19.9 Å². The van der Waals surface area contributed by atoms with Gasteiger partial charge in [0, 0.05) is 19.5 Å². The number of nitrogens with zero attached hydrogens (tertiary/aromatic N) is 1. The third kappa shape index (κ3) is 8.81. The molecule has 2 rings (SSSR count). The fourth-order valence-electron chi connectivity index (χ4n) is 3.15. The van der Waals surface area contributed by atoms with Gasteiger partial charge >= 0.3 is 6.03 Å². The summed E-state index contributed by atoms with van der Waals surface area (Å²) in [5.74, 6) is 0.206. The van der Waals surface area contributed by atoms with E-state index in [0.717, 1.165) is 50.8 Å². The van der Waals surface area contributed by atoms with Crippen LogP contribution in [0.3, 0.4) is 0 Å². The van der Waals surface area contributed by atoms with E-state index in [1.54, 1.807) is 11.0 Å². The van der Waals surface area contributed by atoms with Crippen LogP contribution in [-0.4, -0.2) is 49.6 Å². The maximum absolute atomic E-state index is 13.8. The van der Waals surface area contributed by atoms with Crippen LogP contribution in [0.1, 0.15) is 51.5 Å². The molecule has 2 N–H and O–H groups in total. The van der Waals surface area contributed by atoms with Crippen molar-refractivity contribution in [3.63, 3.8) is 0 Å². The summed E-state index contributed by atoms with van der Waals surface area (Å²) in [6.07, 6.45) is 5.43. The second-order valence-electron chi connectivity index (χ2n) is 7.97. The minimum absolute atomic E-state index is 0.183. The smallest absolute Gasteiger partial charge is 0.324 e. The summed E-state index contributed by atoms with van der Waals surface area (Å²) in [6.45, 7) is 7.61. The number of carbonyl (C=O) groups is 2. The highest BCUT2D eigenvalue weighted by Crippen LogP contribution is 2.19. The molecule has 0 spiro atoms. The lowest BCUT2D eigenvalue weighted by atomic mass is 10.1. The number of rotatable bonds is 13. The van der Waals surface area contributed by atoms with E-state index < -0.39 is 0 Å². The van der Waals surface area contributed by atoms with E-state index in [0.29, 0.717) is 37.8 Å². The molecule has 0 bridgehead atoms. The minimum atomic E-state index is -0.309. The van der Waals surface area contributed by atoms with Gasteiger partial charge in [-0.25, -0.2) is 9.18 Å². The first-order valence-electron chi connectivity index (χ1n) is 10.7. The Morgan fingerprint density at radius 3 is 2.72 bits per heavy atom. The molecule has 0 unspecified atom stereocenters. The third-order valence-corrected chi connectivity index (χ3v) is 4.83. The first-order chi connectivity index (χ1) is 14.0. The molecule has 1 aromatic rings. The number of imide groups is 1. The molecule has 1 fully saturated rings. The van der Waals surface area contributed by atoms with Gasteiger partial charge in [-0.05, 0) is 56.0 Å². The zero-order chi connectivity index (χ0) is 21.1. The van der Waals surface area contributed by atoms with Gasteiger partial charge in [0.25, 0.3) is 0 Å². The Morgan fingerprint density at radius 2 is 1.97 bits per heavy atom. The Balaban J connectivity index is 1.51. The standard InChI is InChI=1S/C22H34FN3O3/c1-17(2)16-29-20-15-18(7-8-19(20)23)9-12-24-11-5-3-4-6-13-26-14-10-21(27)25-22(26)28/h7-8,15,17,24H,3-6,9-14,16H2,1-2H3,(H,25,27,28). The average Bonchev–Trinajstić information content (AvgIpc) is 2.68. The number of hydrogen-bond acceptors (Lipinski definition) is 4. The molecule has 162 valence electrons. The maximum atomic E-state index is 13.8. The van der Waals surface area contributed by atoms with E-state index in [-0.39, 0.29) is 17.8 Å². The molecule has 1 aliphatic heterocycles. The monoisotopic (exact) mass is 407 g/mol. The molecule has 0 aromatic heterocycles. The topological polar surface area (TPSA) is 70.7 Å². The molecule has 3 amide bonds. The number of benzene rings is 1. The zero-order valence-electron chi connectivity index (χ0n) is 17.6. The Bertz CT molecular complexity index is 667. The number of urea groups is 1. The summed E-state index contributed by atoms with van der Waals surface area (Å²) < 4.78 is 19.3. The summed E-state index contributed by atoms with van der Waals surface area (Å²) in [4.78, 5) is 24.4. The van der Waals surface area contributed by atoms with Crippen molar-refractivity contribution in [2.24, 2.45) is 5.92 Å². The van der Waals surface area contributed by atoms with Crippen LogP contribution in [0.4, 0.5) is 9.18 Å². The Morgan fingerprint density at radius 1 is 1.17 bits per heavy atom. The van der Waals surface area contributed by atoms with Gasteiger partial charge in [0.15, 0.2) is 11.6 Å². The molecule has 0 atom stereocenters. The number of ether oxygens (including phenoxy) is 1. The maximum Gasteiger partial charge on any atom is 0.324 e. The summed E-state index contributed by atoms with van der Waals surface area (Å²) in [7, 11) is 0. The van der Waals surface area contributed by atoms with E-state index in [1.165, 1.54) is 6.07 Å². The molecule has 1 aliphatic rings. The predicted molar refractivity (Wildman–Crippen MR) is 112 cm³/mol. The van der Waals surface area contributed by atoms with Gasteiger partial charge < -0.3 is 15.0 Å². The van der Waals surface area contributed by atoms with Crippen molar-refractivity contribution in [2.75, 3.05) is 32.8 Å². The highest BCUT2D eigenvalue weighted by atomic mass is 19.1. The predicted octanol–water partition coefficient (Wildman–Crippen LogP) is 3.49. The van der Waals surface area contributed by atoms with E-state index in [4.69, 9.17) is 4.74 Å². The Kier molecular flexibility index (Phi) is 9.91. The van der Waals surface area contributed by atoms with E-state index in [9.17, 15) is 14.0 Å². The SMILES string of the molecule is CC(C)COc1cc(CCNCCCCCCN2CCC(=O)NC2=O)ccc1F. The van der Waals surface area contributed by atoms with Crippen LogP contribution in [0.25, 0.3) is 0 Å². The highest BCUT2D eigenvalue weighted by molar-refractivity contribution is 5.96. The van der Waals surface area contributed by atoms with Crippen molar-refractivity contribution < 1.29 is 18.7 Å². The van der Waals surface area contributed by atoms with Gasteiger partial charge in [0.2, 0.25) is 5.91 Å². The highest BCUT2D eigenvalue weighted by Gasteiger charge is 2.21. The number of halogens is 1. The van der Waals surface area contributed by atoms with Gasteiger partial charge in [-0.15, -0.1) is 0 Å². The zero-order valence-corrected chi connectivity index (χ0v) is 17.6. The minimum Gasteiger partial charge on any atom is -0.490 e. The molecule has 29 heavy (non-hydrogen) atoms. The Hall–Kier alpha value is -2.15. The largest absolute Gasteiger partial charge is 0.490 e. The van der Waals surface area contributed by atoms with E-state index in [2.05, 4.69) is 10.6 Å². The second-order valence-corrected chi connectivity index (χ2v) is 7.97. The van der Waals surface area contributed by atoms with Gasteiger partial charge in [0.1, 0.15) is 0 Å². The normalized spacial score (nSPS) is 14.4. The van der Waals surface area contributed by atoms with Crippen molar-refractivity contribution in [2.45, 2.75) is 52.4 Å². The number of hydrogen-bond donors (Lipinski definition) is 2. The summed E-state index contributed by atoms with van der Waals surface area (Å²) in [5, 5.41) is 5.77. The van der Waals surface area contributed by atoms with Gasteiger partial charge in [-0.2, -0.15) is 0 Å². The lowest BCUT2D eigenvalue weighted by Crippen LogP contribution is -2.49. The lowest BCUT2D eigenvalue weighted by Gasteiger charge is -2.26. The molecular weight excluding hydrogens is 373 g/mol. The molecule has 1 saturated heterocycles. The number of amides is 3. The van der Waals surface area contributed by atoms with Crippen LogP contribution in [0.2, 0.25) is 0 Å². The first kappa shape index (κ1) is 23.1. The molecule has 0 saturated carbocycles. The van der Waals surface area contributed by atoms with Gasteiger partial charge in [0.05, 0.1) is 6.61 Å². The molecule has 7 heteroatoms. The average molecular weight is 408 g/mol. The van der Waals surface area contributed by atoms with Crippen molar-refractivity contribution in [1.29, 1.82) is 0 Å². The fraction of sp³-hybridized carbons (Fsp3) is 0.636. The lowest BCUT2D eigenvalue weighted by molar-refractivity contribution is -0.121. The summed E-state index contributed by atoms with van der Waals surface area (Å²) in [5.41, 5.74) is 1.07. The summed E-state index contributed by atoms with van der Waals surface area (Å²) in [6, 6.07) is 4.82. The van der Waals surface area contributed by atoms with Gasteiger partial charge in [-0.1, -0.05) is 32.8 Å². The molecular formula is C22H34FN3O3. The second kappa shape index (κ2) is 12.4. The summed E-state index contributed by atoms with van der Waals surface area (Å²) >= 11 is 0. The van der Waals surface area contributed by atoms with Gasteiger partial charge in [-0.3, -0.25) is 10.1 Å². The molecule has 0 aliphatic carbocycles. The van der Waals surface area contributed by atoms with Crippen molar-refractivity contribution in [1.82, 2.24) is 15.5 Å². The van der Waals surface area contributed by atoms with Crippen molar-refractivity contribution in [3.8, 4) is 5.75 Å². The van der Waals surface area contributed by atoms with Crippen LogP contribution in [-0.2, 0) is 11.2 Å². The molecule has 1 aromatic carbocycles. The number of nitrogens with one attached hydrogen (secondary N) is 2. The van der Waals surface area contributed by atoms with Crippen LogP contribution in [0.5, 0.6) is 5.75 Å². The van der Waals surface area contributed by atoms with E-state index >= 15 is 0 Å². The Labute approximate surface area is 173 Å².